The van der Waals surface area contributed by atoms with Crippen LogP contribution in [0.1, 0.15) is 0 Å². The maximum atomic E-state index is 3.87. The molecule has 5 heteroatoms. The van der Waals surface area contributed by atoms with E-state index < -0.39 is 0 Å². The molecule has 0 atom stereocenters. The number of hydrogen-bond donors (Lipinski definition) is 0. The molecule has 0 unspecified atom stereocenters. The summed E-state index contributed by atoms with van der Waals surface area (Å²) in [6, 6.07) is 0. The zero-order chi connectivity index (χ0) is 8.10. The van der Waals surface area contributed by atoms with Crippen molar-refractivity contribution in [1.29, 1.82) is 0 Å². The lowest BCUT2D eigenvalue weighted by Crippen LogP contribution is -2.14. The molecule has 1 heterocycles. The predicted octanol–water partition coefficient (Wildman–Crippen LogP) is 0.992. The van der Waals surface area contributed by atoms with E-state index in [2.05, 4.69) is 34.7 Å². The Morgan fingerprint density at radius 2 is 2.45 bits per heavy atom. The van der Waals surface area contributed by atoms with Gasteiger partial charge in [-0.3, -0.25) is 0 Å². The Balaban J connectivity index is 2.14. The van der Waals surface area contributed by atoms with Gasteiger partial charge in [-0.15, -0.1) is 10.2 Å². The Kier molecular flexibility index (Phi) is 3.82. The summed E-state index contributed by atoms with van der Waals surface area (Å²) >= 11 is 3.20. The van der Waals surface area contributed by atoms with Crippen LogP contribution in [0.5, 0.6) is 0 Å². The maximum Gasteiger partial charge on any atom is 0.179 e. The van der Waals surface area contributed by atoms with E-state index in [4.69, 9.17) is 0 Å². The molecular formula is C6H10N3S2. The van der Waals surface area contributed by atoms with Crippen LogP contribution in [0.15, 0.2) is 4.34 Å². The van der Waals surface area contributed by atoms with Gasteiger partial charge in [0.15, 0.2) is 9.85 Å². The van der Waals surface area contributed by atoms with Crippen molar-refractivity contribution in [3.63, 3.8) is 0 Å². The van der Waals surface area contributed by atoms with Crippen molar-refractivity contribution in [2.75, 3.05) is 26.4 Å². The Morgan fingerprint density at radius 1 is 1.64 bits per heavy atom. The van der Waals surface area contributed by atoms with Crippen LogP contribution in [0.3, 0.4) is 0 Å². The fraction of sp³-hybridized carbons (Fsp3) is 0.667. The molecule has 0 N–H and O–H groups in total. The van der Waals surface area contributed by atoms with Gasteiger partial charge in [0.1, 0.15) is 0 Å². The first-order valence-corrected chi connectivity index (χ1v) is 5.06. The maximum absolute atomic E-state index is 3.87. The molecule has 0 aliphatic heterocycles. The highest BCUT2D eigenvalue weighted by Gasteiger charge is 1.97. The molecule has 0 aliphatic rings. The van der Waals surface area contributed by atoms with Crippen LogP contribution in [0.4, 0.5) is 0 Å². The summed E-state index contributed by atoms with van der Waals surface area (Å²) in [5, 5.41) is 7.50. The summed E-state index contributed by atoms with van der Waals surface area (Å²) in [5.74, 6) is 1.07. The fourth-order valence-electron chi connectivity index (χ4n) is 0.515. The molecule has 0 fully saturated rings. The van der Waals surface area contributed by atoms with Gasteiger partial charge in [0.25, 0.3) is 0 Å². The molecule has 3 nitrogen and oxygen atoms in total. The van der Waals surface area contributed by atoms with E-state index in [9.17, 15) is 0 Å². The van der Waals surface area contributed by atoms with Gasteiger partial charge < -0.3 is 4.90 Å². The van der Waals surface area contributed by atoms with Gasteiger partial charge in [0.2, 0.25) is 0 Å². The lowest BCUT2D eigenvalue weighted by Gasteiger charge is -2.06. The monoisotopic (exact) mass is 188 g/mol. The third-order valence-corrected chi connectivity index (χ3v) is 2.82. The molecule has 0 spiro atoms. The van der Waals surface area contributed by atoms with Crippen LogP contribution in [0.25, 0.3) is 0 Å². The van der Waals surface area contributed by atoms with Gasteiger partial charge in [0.05, 0.1) is 0 Å². The van der Waals surface area contributed by atoms with Crippen molar-refractivity contribution in [3.8, 4) is 0 Å². The Bertz CT molecular complexity index is 186. The second-order valence-corrected chi connectivity index (χ2v) is 4.43. The summed E-state index contributed by atoms with van der Waals surface area (Å²) in [4.78, 5) is 2.15. The Hall–Kier alpha value is -0.130. The smallest absolute Gasteiger partial charge is 0.179 e. The lowest BCUT2D eigenvalue weighted by molar-refractivity contribution is 0.437. The molecule has 0 aromatic carbocycles. The predicted molar refractivity (Wildman–Crippen MR) is 48.0 cm³/mol. The second-order valence-electron chi connectivity index (χ2n) is 2.31. The molecule has 11 heavy (non-hydrogen) atoms. The number of aromatic nitrogens is 2. The first kappa shape index (κ1) is 8.96. The summed E-state index contributed by atoms with van der Waals surface area (Å²) in [6.07, 6.45) is 0. The van der Waals surface area contributed by atoms with Crippen LogP contribution >= 0.6 is 23.1 Å². The molecule has 0 saturated heterocycles. The van der Waals surface area contributed by atoms with Crippen molar-refractivity contribution in [2.24, 2.45) is 0 Å². The number of rotatable bonds is 4. The van der Waals surface area contributed by atoms with Crippen molar-refractivity contribution >= 4 is 23.1 Å². The first-order valence-electron chi connectivity index (χ1n) is 3.26. The number of nitrogens with zero attached hydrogens (tertiary/aromatic N) is 3. The average molecular weight is 188 g/mol. The van der Waals surface area contributed by atoms with Gasteiger partial charge in [-0.25, -0.2) is 0 Å². The van der Waals surface area contributed by atoms with E-state index >= 15 is 0 Å². The van der Waals surface area contributed by atoms with E-state index in [-0.39, 0.29) is 0 Å². The van der Waals surface area contributed by atoms with Crippen LogP contribution in [-0.2, 0) is 0 Å². The minimum Gasteiger partial charge on any atom is -0.309 e. The summed E-state index contributed by atoms with van der Waals surface area (Å²) in [6.45, 7) is 1.07. The van der Waals surface area contributed by atoms with E-state index in [1.807, 2.05) is 0 Å². The largest absolute Gasteiger partial charge is 0.309 e. The quantitative estimate of drug-likeness (QED) is 0.659. The number of thioether (sulfide) groups is 1. The van der Waals surface area contributed by atoms with E-state index in [0.717, 1.165) is 16.6 Å². The minimum absolute atomic E-state index is 1.01. The Labute approximate surface area is 74.8 Å². The van der Waals surface area contributed by atoms with Gasteiger partial charge in [-0.1, -0.05) is 23.1 Å². The fourth-order valence-corrected chi connectivity index (χ4v) is 2.08. The summed E-state index contributed by atoms with van der Waals surface area (Å²) < 4.78 is 1.01. The van der Waals surface area contributed by atoms with Crippen molar-refractivity contribution in [1.82, 2.24) is 15.1 Å². The highest BCUT2D eigenvalue weighted by molar-refractivity contribution is 8.01. The van der Waals surface area contributed by atoms with Gasteiger partial charge >= 0.3 is 0 Å². The molecule has 0 amide bonds. The SMILES string of the molecule is CN(C)CCSc1nn[c]s1. The Morgan fingerprint density at radius 3 is 3.00 bits per heavy atom. The van der Waals surface area contributed by atoms with Gasteiger partial charge in [-0.2, -0.15) is 0 Å². The molecule has 0 bridgehead atoms. The molecule has 1 radical (unpaired) electrons. The van der Waals surface area contributed by atoms with E-state index in [1.54, 1.807) is 11.8 Å². The van der Waals surface area contributed by atoms with Gasteiger partial charge in [-0.05, 0) is 14.1 Å². The molecule has 0 saturated carbocycles. The van der Waals surface area contributed by atoms with Crippen molar-refractivity contribution < 1.29 is 0 Å². The summed E-state index contributed by atoms with van der Waals surface area (Å²) in [5.41, 5.74) is 2.71. The number of hydrogen-bond acceptors (Lipinski definition) is 5. The topological polar surface area (TPSA) is 29.0 Å². The van der Waals surface area contributed by atoms with Crippen molar-refractivity contribution in [3.05, 3.63) is 5.51 Å². The highest BCUT2D eigenvalue weighted by atomic mass is 32.2. The first-order chi connectivity index (χ1) is 5.29. The zero-order valence-corrected chi connectivity index (χ0v) is 8.21. The summed E-state index contributed by atoms with van der Waals surface area (Å²) in [7, 11) is 4.12. The van der Waals surface area contributed by atoms with E-state index in [0.29, 0.717) is 0 Å². The normalized spacial score (nSPS) is 10.8. The average Bonchev–Trinajstić information content (AvgIpc) is 2.39. The lowest BCUT2D eigenvalue weighted by atomic mass is 10.7. The molecule has 1 aromatic rings. The zero-order valence-electron chi connectivity index (χ0n) is 6.57. The molecule has 0 aliphatic carbocycles. The molecular weight excluding hydrogens is 178 g/mol. The van der Waals surface area contributed by atoms with Crippen LogP contribution in [0, 0.1) is 5.51 Å². The molecule has 61 valence electrons. The van der Waals surface area contributed by atoms with E-state index in [1.165, 1.54) is 11.3 Å². The second kappa shape index (κ2) is 4.69. The van der Waals surface area contributed by atoms with Crippen LogP contribution in [-0.4, -0.2) is 41.5 Å². The molecule has 1 aromatic heterocycles. The van der Waals surface area contributed by atoms with Crippen LogP contribution < -0.4 is 0 Å². The highest BCUT2D eigenvalue weighted by Crippen LogP contribution is 2.17. The third kappa shape index (κ3) is 3.69. The standard InChI is InChI=1S/C6H10N3S2/c1-9(2)3-4-10-6-8-7-5-11-6/h3-4H2,1-2H3. The van der Waals surface area contributed by atoms with Gasteiger partial charge in [0, 0.05) is 12.3 Å². The minimum atomic E-state index is 1.01. The van der Waals surface area contributed by atoms with Crippen molar-refractivity contribution in [2.45, 2.75) is 4.34 Å². The molecule has 1 rings (SSSR count). The van der Waals surface area contributed by atoms with Crippen LogP contribution in [0.2, 0.25) is 0 Å². The third-order valence-electron chi connectivity index (χ3n) is 1.07.